The summed E-state index contributed by atoms with van der Waals surface area (Å²) in [5.41, 5.74) is -1.70. The lowest BCUT2D eigenvalue weighted by atomic mass is 9.93. The zero-order chi connectivity index (χ0) is 21.2. The van der Waals surface area contributed by atoms with Gasteiger partial charge in [-0.15, -0.1) is 4.91 Å². The maximum absolute atomic E-state index is 15.7. The van der Waals surface area contributed by atoms with E-state index in [2.05, 4.69) is 5.29 Å². The van der Waals surface area contributed by atoms with Crippen LogP contribution in [0.3, 0.4) is 0 Å². The monoisotopic (exact) mass is 418 g/mol. The largest absolute Gasteiger partial charge is 0.477 e. The van der Waals surface area contributed by atoms with Gasteiger partial charge in [0.2, 0.25) is 5.43 Å². The molecule has 10 heteroatoms. The molecule has 8 nitrogen and oxygen atoms in total. The van der Waals surface area contributed by atoms with Crippen LogP contribution in [0.2, 0.25) is 0 Å². The molecular formula is C20H20F2N4O4. The summed E-state index contributed by atoms with van der Waals surface area (Å²) in [6, 6.07) is 0.625. The van der Waals surface area contributed by atoms with Crippen molar-refractivity contribution in [3.63, 3.8) is 0 Å². The third kappa shape index (κ3) is 2.77. The number of carbonyl (C=O) groups is 1. The average Bonchev–Trinajstić information content (AvgIpc) is 3.46. The van der Waals surface area contributed by atoms with Crippen molar-refractivity contribution in [2.75, 3.05) is 24.5 Å². The Hall–Kier alpha value is -3.04. The van der Waals surface area contributed by atoms with Crippen molar-refractivity contribution >= 4 is 22.6 Å². The molecule has 3 aliphatic rings. The summed E-state index contributed by atoms with van der Waals surface area (Å²) in [5, 5.41) is 13.6. The highest BCUT2D eigenvalue weighted by Gasteiger charge is 2.41. The smallest absolute Gasteiger partial charge is 0.341 e. The van der Waals surface area contributed by atoms with Crippen LogP contribution >= 0.6 is 0 Å². The van der Waals surface area contributed by atoms with E-state index in [1.807, 2.05) is 0 Å². The van der Waals surface area contributed by atoms with Crippen molar-refractivity contribution in [3.8, 4) is 0 Å². The van der Waals surface area contributed by atoms with Gasteiger partial charge in [-0.25, -0.2) is 13.6 Å². The standard InChI is InChI=1S/C20H20F2N4O4/c21-14-6-12-17(25(11-3-4-11)8-13(19(12)27)20(28)29)16(22)18(14)24-7-10-2-1-5-26(23-30)15(10)9-24/h6,8,10-11,15H,1-5,7,9H2,(H,28,29)/t10-,15+/m0/s1. The van der Waals surface area contributed by atoms with Crippen LogP contribution in [0.15, 0.2) is 22.3 Å². The van der Waals surface area contributed by atoms with Crippen LogP contribution in [0, 0.1) is 22.5 Å². The number of rotatable bonds is 4. The number of piperidine rings is 1. The second-order valence-electron chi connectivity index (χ2n) is 8.35. The molecule has 2 aromatic rings. The van der Waals surface area contributed by atoms with Gasteiger partial charge in [0, 0.05) is 37.8 Å². The van der Waals surface area contributed by atoms with Gasteiger partial charge in [-0.1, -0.05) is 0 Å². The number of pyridine rings is 1. The Morgan fingerprint density at radius 3 is 2.63 bits per heavy atom. The molecule has 3 fully saturated rings. The fraction of sp³-hybridized carbons (Fsp3) is 0.500. The Bertz CT molecular complexity index is 1130. The third-order valence-electron chi connectivity index (χ3n) is 6.53. The van der Waals surface area contributed by atoms with Crippen molar-refractivity contribution in [2.45, 2.75) is 37.8 Å². The SMILES string of the molecule is O=NN1CCC[C@H]2CN(c3c(F)cc4c(=O)c(C(=O)O)cn(C5CC5)c4c3F)C[C@H]21. The van der Waals surface area contributed by atoms with Gasteiger partial charge in [-0.2, -0.15) is 0 Å². The van der Waals surface area contributed by atoms with Gasteiger partial charge in [0.15, 0.2) is 5.82 Å². The second kappa shape index (κ2) is 6.75. The molecule has 158 valence electrons. The van der Waals surface area contributed by atoms with E-state index >= 15 is 8.78 Å². The lowest BCUT2D eigenvalue weighted by molar-refractivity contribution is 0.0694. The van der Waals surface area contributed by atoms with E-state index in [1.165, 1.54) is 9.58 Å². The van der Waals surface area contributed by atoms with E-state index in [1.54, 1.807) is 4.90 Å². The van der Waals surface area contributed by atoms with Gasteiger partial charge in [-0.05, 0) is 31.7 Å². The lowest BCUT2D eigenvalue weighted by Gasteiger charge is -2.31. The van der Waals surface area contributed by atoms with Crippen LogP contribution in [0.1, 0.15) is 42.1 Å². The molecule has 2 saturated heterocycles. The topological polar surface area (TPSA) is 95.2 Å². The number of aromatic carboxylic acids is 1. The summed E-state index contributed by atoms with van der Waals surface area (Å²) in [4.78, 5) is 36.8. The normalized spacial score (nSPS) is 23.7. The number of anilines is 1. The zero-order valence-electron chi connectivity index (χ0n) is 16.1. The van der Waals surface area contributed by atoms with Crippen molar-refractivity contribution in [3.05, 3.63) is 44.6 Å². The Kier molecular flexibility index (Phi) is 4.26. The molecule has 1 N–H and O–H groups in total. The number of benzene rings is 1. The van der Waals surface area contributed by atoms with Crippen LogP contribution in [-0.4, -0.2) is 46.3 Å². The fourth-order valence-corrected chi connectivity index (χ4v) is 4.96. The number of hydrogen-bond acceptors (Lipinski definition) is 5. The molecule has 0 radical (unpaired) electrons. The highest BCUT2D eigenvalue weighted by Crippen LogP contribution is 2.41. The number of aromatic nitrogens is 1. The van der Waals surface area contributed by atoms with Gasteiger partial charge in [0.25, 0.3) is 0 Å². The van der Waals surface area contributed by atoms with Gasteiger partial charge in [-0.3, -0.25) is 9.80 Å². The number of nitrogens with zero attached hydrogens (tertiary/aromatic N) is 4. The number of fused-ring (bicyclic) bond motifs is 2. The van der Waals surface area contributed by atoms with Crippen LogP contribution in [0.4, 0.5) is 14.5 Å². The van der Waals surface area contributed by atoms with E-state index in [0.717, 1.165) is 37.9 Å². The van der Waals surface area contributed by atoms with Crippen LogP contribution < -0.4 is 10.3 Å². The first-order valence-corrected chi connectivity index (χ1v) is 10.1. The molecule has 5 rings (SSSR count). The number of carboxylic acid groups (broad SMARTS) is 1. The molecule has 1 saturated carbocycles. The van der Waals surface area contributed by atoms with Crippen LogP contribution in [0.5, 0.6) is 0 Å². The van der Waals surface area contributed by atoms with E-state index < -0.39 is 28.6 Å². The first kappa shape index (κ1) is 19.0. The molecule has 3 heterocycles. The lowest BCUT2D eigenvalue weighted by Crippen LogP contribution is -2.41. The molecule has 1 aromatic heterocycles. The van der Waals surface area contributed by atoms with Gasteiger partial charge in [0.05, 0.1) is 22.2 Å². The number of nitroso groups, excluding NO2 is 1. The Balaban J connectivity index is 1.67. The Labute approximate surface area is 169 Å². The molecular weight excluding hydrogens is 398 g/mol. The van der Waals surface area contributed by atoms with E-state index in [9.17, 15) is 19.6 Å². The first-order valence-electron chi connectivity index (χ1n) is 10.1. The van der Waals surface area contributed by atoms with Gasteiger partial charge in [0.1, 0.15) is 17.1 Å². The van der Waals surface area contributed by atoms with Gasteiger partial charge >= 0.3 is 5.97 Å². The molecule has 2 atom stereocenters. The van der Waals surface area contributed by atoms with Gasteiger partial charge < -0.3 is 14.6 Å². The zero-order valence-corrected chi connectivity index (χ0v) is 16.1. The molecule has 2 aliphatic heterocycles. The van der Waals surface area contributed by atoms with Crippen molar-refractivity contribution in [1.82, 2.24) is 9.58 Å². The van der Waals surface area contributed by atoms with E-state index in [0.29, 0.717) is 13.1 Å². The van der Waals surface area contributed by atoms with E-state index in [-0.39, 0.29) is 41.1 Å². The van der Waals surface area contributed by atoms with Crippen LogP contribution in [0.25, 0.3) is 10.9 Å². The fourth-order valence-electron chi connectivity index (χ4n) is 4.96. The minimum absolute atomic E-state index is 0.0656. The van der Waals surface area contributed by atoms with Crippen LogP contribution in [-0.2, 0) is 0 Å². The minimum atomic E-state index is -1.42. The molecule has 30 heavy (non-hydrogen) atoms. The number of halogens is 2. The molecule has 0 bridgehead atoms. The third-order valence-corrected chi connectivity index (χ3v) is 6.53. The quantitative estimate of drug-likeness (QED) is 0.768. The highest BCUT2D eigenvalue weighted by atomic mass is 19.1. The molecule has 0 amide bonds. The molecule has 0 unspecified atom stereocenters. The summed E-state index contributed by atoms with van der Waals surface area (Å²) in [6.07, 6.45) is 4.27. The summed E-state index contributed by atoms with van der Waals surface area (Å²) in [7, 11) is 0. The number of carboxylic acids is 1. The van der Waals surface area contributed by atoms with Crippen molar-refractivity contribution < 1.29 is 18.7 Å². The summed E-state index contributed by atoms with van der Waals surface area (Å²) in [5.74, 6) is -3.13. The molecule has 1 aromatic carbocycles. The Morgan fingerprint density at radius 1 is 1.20 bits per heavy atom. The van der Waals surface area contributed by atoms with Crippen molar-refractivity contribution in [1.29, 1.82) is 0 Å². The maximum atomic E-state index is 15.7. The van der Waals surface area contributed by atoms with E-state index in [4.69, 9.17) is 0 Å². The highest BCUT2D eigenvalue weighted by molar-refractivity contribution is 5.94. The minimum Gasteiger partial charge on any atom is -0.477 e. The second-order valence-corrected chi connectivity index (χ2v) is 8.35. The predicted octanol–water partition coefficient (Wildman–Crippen LogP) is 2.89. The summed E-state index contributed by atoms with van der Waals surface area (Å²) >= 11 is 0. The predicted molar refractivity (Wildman–Crippen MR) is 105 cm³/mol. The average molecular weight is 418 g/mol. The van der Waals surface area contributed by atoms with Crippen molar-refractivity contribution in [2.24, 2.45) is 11.2 Å². The number of hydrogen-bond donors (Lipinski definition) is 1. The Morgan fingerprint density at radius 2 is 1.97 bits per heavy atom. The maximum Gasteiger partial charge on any atom is 0.341 e. The first-order chi connectivity index (χ1) is 14.4. The molecule has 0 spiro atoms. The summed E-state index contributed by atoms with van der Waals surface area (Å²) < 4.78 is 32.2. The molecule has 1 aliphatic carbocycles. The summed E-state index contributed by atoms with van der Waals surface area (Å²) in [6.45, 7) is 1.17.